The first-order valence-electron chi connectivity index (χ1n) is 17.9. The number of carbonyl (C=O) groups excluding carboxylic acids is 5. The Kier molecular flexibility index (Phi) is 16.9. The molecule has 2 aromatic carbocycles. The quantitative estimate of drug-likeness (QED) is 0.107. The summed E-state index contributed by atoms with van der Waals surface area (Å²) in [7, 11) is 1.39. The normalized spacial score (nSPS) is 17.1. The lowest BCUT2D eigenvalue weighted by molar-refractivity contribution is -0.150. The Morgan fingerprint density at radius 1 is 0.889 bits per heavy atom. The number of nitrogens with one attached hydrogen (secondary N) is 3. The SMILES string of the molecule is CO[C@H]1CCCN(C(=O)[C@H](CC(=O)O)NC(=O)[C@H](CC(C)C)NC(=O)Cc2ccccc2OCc2ccccc2)[C@H]1CC(=O)N[C@@H](CCC(N)=O)C(=O)O. The van der Waals surface area contributed by atoms with Crippen molar-refractivity contribution in [3.05, 3.63) is 65.7 Å². The second-order valence-corrected chi connectivity index (χ2v) is 13.7. The molecule has 54 heavy (non-hydrogen) atoms. The highest BCUT2D eigenvalue weighted by Gasteiger charge is 2.40. The van der Waals surface area contributed by atoms with Crippen LogP contribution in [0.25, 0.3) is 0 Å². The average molecular weight is 754 g/mol. The van der Waals surface area contributed by atoms with Crippen molar-refractivity contribution >= 4 is 41.5 Å². The van der Waals surface area contributed by atoms with Gasteiger partial charge in [0.1, 0.15) is 30.5 Å². The fourth-order valence-electron chi connectivity index (χ4n) is 6.29. The molecule has 0 spiro atoms. The highest BCUT2D eigenvalue weighted by Crippen LogP contribution is 2.25. The van der Waals surface area contributed by atoms with E-state index in [1.165, 1.54) is 12.0 Å². The Balaban J connectivity index is 1.76. The van der Waals surface area contributed by atoms with Crippen molar-refractivity contribution in [2.24, 2.45) is 11.7 Å². The summed E-state index contributed by atoms with van der Waals surface area (Å²) in [5.74, 6) is -5.87. The van der Waals surface area contributed by atoms with Crippen LogP contribution in [-0.4, -0.2) is 101 Å². The largest absolute Gasteiger partial charge is 0.489 e. The first kappa shape index (κ1) is 42.9. The number of methoxy groups -OCH3 is 1. The van der Waals surface area contributed by atoms with E-state index in [-0.39, 0.29) is 44.8 Å². The lowest BCUT2D eigenvalue weighted by atomic mass is 9.94. The first-order valence-corrected chi connectivity index (χ1v) is 17.9. The molecule has 16 nitrogen and oxygen atoms in total. The molecule has 7 N–H and O–H groups in total. The average Bonchev–Trinajstić information content (AvgIpc) is 3.12. The summed E-state index contributed by atoms with van der Waals surface area (Å²) in [5.41, 5.74) is 6.66. The molecule has 0 unspecified atom stereocenters. The lowest BCUT2D eigenvalue weighted by Gasteiger charge is -2.42. The summed E-state index contributed by atoms with van der Waals surface area (Å²) >= 11 is 0. The molecule has 3 rings (SSSR count). The molecule has 294 valence electrons. The maximum Gasteiger partial charge on any atom is 0.326 e. The van der Waals surface area contributed by atoms with Gasteiger partial charge in [0, 0.05) is 32.1 Å². The van der Waals surface area contributed by atoms with Crippen LogP contribution in [0.5, 0.6) is 5.75 Å². The molecule has 5 amide bonds. The fraction of sp³-hybridized carbons (Fsp3) is 0.500. The number of carbonyl (C=O) groups is 7. The van der Waals surface area contributed by atoms with Gasteiger partial charge in [0.05, 0.1) is 25.0 Å². The Labute approximate surface area is 314 Å². The number of hydrogen-bond donors (Lipinski definition) is 6. The van der Waals surface area contributed by atoms with E-state index in [1.54, 1.807) is 24.3 Å². The van der Waals surface area contributed by atoms with Crippen molar-refractivity contribution in [3.8, 4) is 5.75 Å². The molecule has 1 saturated heterocycles. The minimum absolute atomic E-state index is 0.0822. The van der Waals surface area contributed by atoms with Crippen molar-refractivity contribution in [1.82, 2.24) is 20.9 Å². The highest BCUT2D eigenvalue weighted by molar-refractivity contribution is 5.94. The maximum atomic E-state index is 14.1. The van der Waals surface area contributed by atoms with Crippen LogP contribution in [0.3, 0.4) is 0 Å². The standard InChI is InChI=1S/C38H51N5O11/c1-23(2)18-27(41-33(45)19-25-12-7-8-13-30(25)54-22-24-10-5-4-6-11-24)36(49)42-28(20-35(47)48)37(50)43-17-9-14-31(53-3)29(43)21-34(46)40-26(38(51)52)15-16-32(39)44/h4-8,10-13,23,26-29,31H,9,14-22H2,1-3H3,(H2,39,44)(H,40,46)(H,41,45)(H,42,49)(H,47,48)(H,51,52)/t26-,27-,28-,29-,31-/m0/s1. The summed E-state index contributed by atoms with van der Waals surface area (Å²) in [6, 6.07) is 11.5. The van der Waals surface area contributed by atoms with E-state index in [1.807, 2.05) is 44.2 Å². The second-order valence-electron chi connectivity index (χ2n) is 13.7. The van der Waals surface area contributed by atoms with Gasteiger partial charge in [-0.05, 0) is 43.2 Å². The number of para-hydroxylation sites is 1. The highest BCUT2D eigenvalue weighted by atomic mass is 16.5. The summed E-state index contributed by atoms with van der Waals surface area (Å²) < 4.78 is 11.5. The van der Waals surface area contributed by atoms with Crippen molar-refractivity contribution in [2.45, 2.75) is 102 Å². The Hall–Kier alpha value is -5.51. The zero-order valence-corrected chi connectivity index (χ0v) is 30.8. The minimum atomic E-state index is -1.57. The number of nitrogens with zero attached hydrogens (tertiary/aromatic N) is 1. The zero-order valence-electron chi connectivity index (χ0n) is 30.8. The van der Waals surface area contributed by atoms with Crippen LogP contribution in [0, 0.1) is 5.92 Å². The Morgan fingerprint density at radius 3 is 2.19 bits per heavy atom. The molecule has 0 saturated carbocycles. The number of carboxylic acid groups (broad SMARTS) is 2. The van der Waals surface area contributed by atoms with Gasteiger partial charge in [-0.15, -0.1) is 0 Å². The topological polar surface area (TPSA) is 244 Å². The number of ether oxygens (including phenoxy) is 2. The number of piperidine rings is 1. The second kappa shape index (κ2) is 21.3. The van der Waals surface area contributed by atoms with Gasteiger partial charge in [-0.2, -0.15) is 0 Å². The number of hydrogen-bond acceptors (Lipinski definition) is 9. The molecular formula is C38H51N5O11. The van der Waals surface area contributed by atoms with Gasteiger partial charge in [0.25, 0.3) is 0 Å². The van der Waals surface area contributed by atoms with E-state index in [2.05, 4.69) is 16.0 Å². The molecule has 0 aromatic heterocycles. The van der Waals surface area contributed by atoms with Gasteiger partial charge < -0.3 is 46.3 Å². The van der Waals surface area contributed by atoms with Gasteiger partial charge in [-0.3, -0.25) is 28.8 Å². The van der Waals surface area contributed by atoms with Gasteiger partial charge in [-0.25, -0.2) is 4.79 Å². The van der Waals surface area contributed by atoms with Crippen LogP contribution in [0.1, 0.15) is 69.9 Å². The lowest BCUT2D eigenvalue weighted by Crippen LogP contribution is -2.60. The molecule has 2 aromatic rings. The molecule has 0 aliphatic carbocycles. The predicted octanol–water partition coefficient (Wildman–Crippen LogP) is 1.53. The van der Waals surface area contributed by atoms with E-state index in [4.69, 9.17) is 15.2 Å². The third-order valence-corrected chi connectivity index (χ3v) is 8.92. The minimum Gasteiger partial charge on any atom is -0.489 e. The van der Waals surface area contributed by atoms with E-state index >= 15 is 0 Å². The van der Waals surface area contributed by atoms with E-state index in [9.17, 15) is 43.8 Å². The summed E-state index contributed by atoms with van der Waals surface area (Å²) in [4.78, 5) is 90.4. The van der Waals surface area contributed by atoms with Gasteiger partial charge >= 0.3 is 11.9 Å². The molecule has 5 atom stereocenters. The van der Waals surface area contributed by atoms with Crippen LogP contribution in [-0.2, 0) is 51.3 Å². The molecule has 0 bridgehead atoms. The van der Waals surface area contributed by atoms with E-state index in [0.29, 0.717) is 24.2 Å². The van der Waals surface area contributed by atoms with Gasteiger partial charge in [0.2, 0.25) is 29.5 Å². The number of likely N-dealkylation sites (tertiary alicyclic amines) is 1. The van der Waals surface area contributed by atoms with Crippen LogP contribution in [0.15, 0.2) is 54.6 Å². The van der Waals surface area contributed by atoms with Crippen LogP contribution >= 0.6 is 0 Å². The Bertz CT molecular complexity index is 1620. The molecule has 0 radical (unpaired) electrons. The molecule has 1 fully saturated rings. The maximum absolute atomic E-state index is 14.1. The summed E-state index contributed by atoms with van der Waals surface area (Å²) in [5, 5.41) is 26.9. The third-order valence-electron chi connectivity index (χ3n) is 8.92. The van der Waals surface area contributed by atoms with Crippen molar-refractivity contribution < 1.29 is 53.2 Å². The number of carboxylic acids is 2. The number of primary amides is 1. The number of benzene rings is 2. The van der Waals surface area contributed by atoms with Crippen molar-refractivity contribution in [3.63, 3.8) is 0 Å². The van der Waals surface area contributed by atoms with E-state index in [0.717, 1.165) is 5.56 Å². The number of aliphatic carboxylic acids is 2. The molecule has 16 heteroatoms. The first-order chi connectivity index (χ1) is 25.7. The Morgan fingerprint density at radius 2 is 1.56 bits per heavy atom. The smallest absolute Gasteiger partial charge is 0.326 e. The van der Waals surface area contributed by atoms with Gasteiger partial charge in [0.15, 0.2) is 0 Å². The molecule has 1 aliphatic heterocycles. The number of rotatable bonds is 21. The summed E-state index contributed by atoms with van der Waals surface area (Å²) in [6.45, 7) is 4.07. The third kappa shape index (κ3) is 13.8. The van der Waals surface area contributed by atoms with Gasteiger partial charge in [-0.1, -0.05) is 62.4 Å². The van der Waals surface area contributed by atoms with Crippen molar-refractivity contribution in [2.75, 3.05) is 13.7 Å². The van der Waals surface area contributed by atoms with Crippen LogP contribution in [0.2, 0.25) is 0 Å². The molecule has 1 heterocycles. The number of nitrogens with two attached hydrogens (primary N) is 1. The van der Waals surface area contributed by atoms with Crippen LogP contribution in [0.4, 0.5) is 0 Å². The monoisotopic (exact) mass is 753 g/mol. The fourth-order valence-corrected chi connectivity index (χ4v) is 6.29. The predicted molar refractivity (Wildman–Crippen MR) is 195 cm³/mol. The van der Waals surface area contributed by atoms with Crippen molar-refractivity contribution in [1.29, 1.82) is 0 Å². The molecule has 1 aliphatic rings. The summed E-state index contributed by atoms with van der Waals surface area (Å²) in [6.07, 6.45) is -1.44. The van der Waals surface area contributed by atoms with E-state index < -0.39 is 84.6 Å². The number of amides is 5. The van der Waals surface area contributed by atoms with Crippen LogP contribution < -0.4 is 26.4 Å². The zero-order chi connectivity index (χ0) is 39.8. The molecular weight excluding hydrogens is 702 g/mol.